The number of aliphatic carboxylic acids is 1. The Morgan fingerprint density at radius 1 is 1.57 bits per heavy atom. The Balaban J connectivity index is 2.82. The minimum atomic E-state index is -1.12. The number of hydrogen-bond acceptors (Lipinski definition) is 6. The fraction of sp³-hybridized carbons (Fsp3) is 0.615. The van der Waals surface area contributed by atoms with Gasteiger partial charge >= 0.3 is 5.97 Å². The summed E-state index contributed by atoms with van der Waals surface area (Å²) < 4.78 is 11.1. The minimum Gasteiger partial charge on any atom is -0.479 e. The van der Waals surface area contributed by atoms with Crippen molar-refractivity contribution >= 4 is 11.7 Å². The Morgan fingerprint density at radius 3 is 2.81 bits per heavy atom. The molecule has 8 heteroatoms. The summed E-state index contributed by atoms with van der Waals surface area (Å²) in [5.41, 5.74) is 0.277. The lowest BCUT2D eigenvalue weighted by Crippen LogP contribution is -2.35. The molecule has 0 aliphatic rings. The van der Waals surface area contributed by atoms with Crippen LogP contribution in [0.25, 0.3) is 0 Å². The first-order valence-corrected chi connectivity index (χ1v) is 6.61. The number of nitrogens with zero attached hydrogens (tertiary/aromatic N) is 3. The van der Waals surface area contributed by atoms with E-state index in [1.54, 1.807) is 14.0 Å². The van der Waals surface area contributed by atoms with Gasteiger partial charge in [0.2, 0.25) is 0 Å². The average Bonchev–Trinajstić information content (AvgIpc) is 2.45. The van der Waals surface area contributed by atoms with E-state index < -0.39 is 12.1 Å². The van der Waals surface area contributed by atoms with Crippen LogP contribution in [0, 0.1) is 0 Å². The zero-order valence-corrected chi connectivity index (χ0v) is 12.5. The van der Waals surface area contributed by atoms with Crippen molar-refractivity contribution in [3.05, 3.63) is 22.6 Å². The molecule has 0 spiro atoms. The molecule has 1 N–H and O–H groups in total. The number of aromatic nitrogens is 2. The Labute approximate surface area is 122 Å². The predicted octanol–water partition coefficient (Wildman–Crippen LogP) is -0.184. The Kier molecular flexibility index (Phi) is 6.83. The maximum atomic E-state index is 12.0. The number of carbonyl (C=O) groups is 1. The average molecular weight is 299 g/mol. The Morgan fingerprint density at radius 2 is 2.29 bits per heavy atom. The lowest BCUT2D eigenvalue weighted by Gasteiger charge is -2.19. The fourth-order valence-corrected chi connectivity index (χ4v) is 1.69. The van der Waals surface area contributed by atoms with Crippen LogP contribution in [0.1, 0.15) is 6.92 Å². The predicted molar refractivity (Wildman–Crippen MR) is 76.7 cm³/mol. The second-order valence-electron chi connectivity index (χ2n) is 4.43. The van der Waals surface area contributed by atoms with Crippen molar-refractivity contribution < 1.29 is 19.4 Å². The quantitative estimate of drug-likeness (QED) is 0.675. The largest absolute Gasteiger partial charge is 0.479 e. The summed E-state index contributed by atoms with van der Waals surface area (Å²) in [5, 5.41) is 13.0. The highest BCUT2D eigenvalue weighted by Crippen LogP contribution is 2.06. The molecule has 0 saturated carbocycles. The van der Waals surface area contributed by atoms with Crippen LogP contribution in [0.15, 0.2) is 17.1 Å². The molecule has 0 aliphatic carbocycles. The van der Waals surface area contributed by atoms with Crippen molar-refractivity contribution in [1.82, 2.24) is 9.78 Å². The highest BCUT2D eigenvalue weighted by Gasteiger charge is 2.19. The Hall–Kier alpha value is -1.93. The number of hydrogen-bond donors (Lipinski definition) is 1. The molecular formula is C13H21N3O5. The van der Waals surface area contributed by atoms with Crippen LogP contribution in [-0.4, -0.2) is 60.9 Å². The summed E-state index contributed by atoms with van der Waals surface area (Å²) in [4.78, 5) is 24.8. The van der Waals surface area contributed by atoms with Crippen LogP contribution < -0.4 is 10.5 Å². The fourth-order valence-electron chi connectivity index (χ4n) is 1.69. The van der Waals surface area contributed by atoms with Gasteiger partial charge in [-0.15, -0.1) is 0 Å². The van der Waals surface area contributed by atoms with Gasteiger partial charge in [0.25, 0.3) is 5.56 Å². The third kappa shape index (κ3) is 5.16. The minimum absolute atomic E-state index is 0.121. The molecule has 1 aromatic heterocycles. The van der Waals surface area contributed by atoms with E-state index in [1.165, 1.54) is 12.3 Å². The van der Waals surface area contributed by atoms with Crippen LogP contribution in [0.4, 0.5) is 5.69 Å². The monoisotopic (exact) mass is 299 g/mol. The zero-order valence-electron chi connectivity index (χ0n) is 12.5. The van der Waals surface area contributed by atoms with E-state index in [0.29, 0.717) is 18.8 Å². The van der Waals surface area contributed by atoms with Crippen molar-refractivity contribution in [3.8, 4) is 0 Å². The third-order valence-electron chi connectivity index (χ3n) is 2.91. The lowest BCUT2D eigenvalue weighted by atomic mass is 10.3. The normalized spacial score (nSPS) is 12.1. The van der Waals surface area contributed by atoms with Gasteiger partial charge in [-0.2, -0.15) is 5.10 Å². The van der Waals surface area contributed by atoms with Crippen molar-refractivity contribution in [1.29, 1.82) is 0 Å². The number of methoxy groups -OCH3 is 1. The lowest BCUT2D eigenvalue weighted by molar-refractivity contribution is -0.151. The molecule has 1 unspecified atom stereocenters. The summed E-state index contributed by atoms with van der Waals surface area (Å²) >= 11 is 0. The molecule has 1 rings (SSSR count). The number of anilines is 1. The molecule has 1 aromatic rings. The summed E-state index contributed by atoms with van der Waals surface area (Å²) in [7, 11) is 3.42. The van der Waals surface area contributed by atoms with Crippen LogP contribution in [0.5, 0.6) is 0 Å². The van der Waals surface area contributed by atoms with E-state index in [4.69, 9.17) is 14.6 Å². The van der Waals surface area contributed by atoms with Gasteiger partial charge in [0, 0.05) is 33.4 Å². The van der Waals surface area contributed by atoms with Gasteiger partial charge in [0.05, 0.1) is 25.0 Å². The second kappa shape index (κ2) is 8.38. The number of rotatable bonds is 9. The van der Waals surface area contributed by atoms with Crippen molar-refractivity contribution in [2.75, 3.05) is 38.8 Å². The summed E-state index contributed by atoms with van der Waals surface area (Å²) in [6.07, 6.45) is 0.430. The maximum Gasteiger partial charge on any atom is 0.334 e. The molecule has 118 valence electrons. The number of carboxylic acids is 1. The number of likely N-dealkylation sites (N-methyl/N-ethyl adjacent to an activating group) is 1. The molecule has 21 heavy (non-hydrogen) atoms. The standard InChI is InChI=1S/C13H21N3O5/c1-4-21-11(13(18)19)9-16-12(17)7-10(8-14-16)15(2)5-6-20-3/h7-8,11H,4-6,9H2,1-3H3,(H,18,19). The SMILES string of the molecule is CCOC(Cn1ncc(N(C)CCOC)cc1=O)C(=O)O. The topological polar surface area (TPSA) is 93.9 Å². The van der Waals surface area contributed by atoms with E-state index in [1.807, 2.05) is 11.9 Å². The highest BCUT2D eigenvalue weighted by atomic mass is 16.5. The van der Waals surface area contributed by atoms with Gasteiger partial charge in [0.15, 0.2) is 6.10 Å². The van der Waals surface area contributed by atoms with Gasteiger partial charge in [-0.3, -0.25) is 4.79 Å². The smallest absolute Gasteiger partial charge is 0.334 e. The zero-order chi connectivity index (χ0) is 15.8. The first-order valence-electron chi connectivity index (χ1n) is 6.61. The molecule has 8 nitrogen and oxygen atoms in total. The van der Waals surface area contributed by atoms with Crippen molar-refractivity contribution in [3.63, 3.8) is 0 Å². The van der Waals surface area contributed by atoms with Gasteiger partial charge in [0.1, 0.15) is 0 Å². The van der Waals surface area contributed by atoms with E-state index in [2.05, 4.69) is 5.10 Å². The first kappa shape index (κ1) is 17.1. The Bertz CT molecular complexity index is 517. The second-order valence-corrected chi connectivity index (χ2v) is 4.43. The van der Waals surface area contributed by atoms with Crippen LogP contribution in [0.3, 0.4) is 0 Å². The molecule has 0 bridgehead atoms. The maximum absolute atomic E-state index is 12.0. The molecule has 0 radical (unpaired) electrons. The van der Waals surface area contributed by atoms with Gasteiger partial charge in [-0.1, -0.05) is 0 Å². The van der Waals surface area contributed by atoms with Gasteiger partial charge in [-0.05, 0) is 6.92 Å². The molecule has 0 aromatic carbocycles. The molecule has 1 heterocycles. The van der Waals surface area contributed by atoms with Crippen LogP contribution in [0.2, 0.25) is 0 Å². The number of ether oxygens (including phenoxy) is 2. The van der Waals surface area contributed by atoms with Crippen LogP contribution >= 0.6 is 0 Å². The highest BCUT2D eigenvalue weighted by molar-refractivity contribution is 5.72. The van der Waals surface area contributed by atoms with E-state index in [9.17, 15) is 9.59 Å². The molecule has 0 saturated heterocycles. The van der Waals surface area contributed by atoms with E-state index >= 15 is 0 Å². The number of carboxylic acid groups (broad SMARTS) is 1. The summed E-state index contributed by atoms with van der Waals surface area (Å²) in [6.45, 7) is 2.98. The summed E-state index contributed by atoms with van der Waals surface area (Å²) in [6, 6.07) is 1.41. The molecular weight excluding hydrogens is 278 g/mol. The molecule has 0 fully saturated rings. The molecule has 0 aliphatic heterocycles. The van der Waals surface area contributed by atoms with Gasteiger partial charge in [-0.25, -0.2) is 9.48 Å². The third-order valence-corrected chi connectivity index (χ3v) is 2.91. The van der Waals surface area contributed by atoms with E-state index in [-0.39, 0.29) is 18.7 Å². The van der Waals surface area contributed by atoms with Crippen LogP contribution in [-0.2, 0) is 20.8 Å². The first-order chi connectivity index (χ1) is 9.99. The molecule has 0 amide bonds. The van der Waals surface area contributed by atoms with Crippen molar-refractivity contribution in [2.45, 2.75) is 19.6 Å². The van der Waals surface area contributed by atoms with E-state index in [0.717, 1.165) is 4.68 Å². The van der Waals surface area contributed by atoms with Crippen molar-refractivity contribution in [2.24, 2.45) is 0 Å². The summed E-state index contributed by atoms with van der Waals surface area (Å²) in [5.74, 6) is -1.12. The van der Waals surface area contributed by atoms with Gasteiger partial charge < -0.3 is 19.5 Å². The molecule has 1 atom stereocenters.